The molecule has 0 saturated heterocycles. The van der Waals surface area contributed by atoms with Gasteiger partial charge in [-0.2, -0.15) is 0 Å². The van der Waals surface area contributed by atoms with E-state index >= 15 is 0 Å². The molecule has 0 fully saturated rings. The Morgan fingerprint density at radius 1 is 1.91 bits per heavy atom. The summed E-state index contributed by atoms with van der Waals surface area (Å²) in [6.07, 6.45) is 3.34. The summed E-state index contributed by atoms with van der Waals surface area (Å²) in [5.74, 6) is -1.00. The number of hydrogen-bond donors (Lipinski definition) is 3. The predicted molar refractivity (Wildman–Crippen MR) is 37.9 cm³/mol. The summed E-state index contributed by atoms with van der Waals surface area (Å²) in [5.41, 5.74) is 6.00. The number of nitrogens with one attached hydrogen (secondary N) is 1. The number of nitrogens with two attached hydrogens (primary N) is 1. The van der Waals surface area contributed by atoms with Crippen molar-refractivity contribution < 1.29 is 9.90 Å². The van der Waals surface area contributed by atoms with Gasteiger partial charge in [0.1, 0.15) is 6.04 Å². The molecule has 0 bridgehead atoms. The monoisotopic (exact) mass is 156 g/mol. The number of carboxylic acid groups (broad SMARTS) is 1. The second-order valence-electron chi connectivity index (χ2n) is 2.23. The standard InChI is InChI=1S/C6H9N3O2/c7-5(6(10)11)1-4-2-8-3-9-4/h2-3,5H,1,7H2,(H,8,9)(H,10,11)/t5-/m0/s1/i7+1. The molecule has 1 heterocycles. The highest BCUT2D eigenvalue weighted by Crippen LogP contribution is 1.95. The fourth-order valence-electron chi connectivity index (χ4n) is 0.721. The lowest BCUT2D eigenvalue weighted by atomic mass is 10.2. The summed E-state index contributed by atoms with van der Waals surface area (Å²) in [6.45, 7) is 0. The number of hydrogen-bond acceptors (Lipinski definition) is 3. The van der Waals surface area contributed by atoms with Gasteiger partial charge in [-0.1, -0.05) is 0 Å². The van der Waals surface area contributed by atoms with Gasteiger partial charge in [-0.3, -0.25) is 4.79 Å². The third kappa shape index (κ3) is 2.05. The molecule has 5 heteroatoms. The van der Waals surface area contributed by atoms with Crippen LogP contribution in [0.2, 0.25) is 0 Å². The molecule has 1 atom stereocenters. The van der Waals surface area contributed by atoms with E-state index in [2.05, 4.69) is 9.97 Å². The van der Waals surface area contributed by atoms with Crippen LogP contribution >= 0.6 is 0 Å². The van der Waals surface area contributed by atoms with E-state index in [4.69, 9.17) is 10.8 Å². The van der Waals surface area contributed by atoms with Crippen LogP contribution in [0.15, 0.2) is 12.5 Å². The van der Waals surface area contributed by atoms with Crippen LogP contribution in [0.1, 0.15) is 5.69 Å². The summed E-state index contributed by atoms with van der Waals surface area (Å²) in [4.78, 5) is 16.8. The minimum atomic E-state index is -1.00. The molecule has 0 aliphatic carbocycles. The first kappa shape index (κ1) is 7.74. The zero-order valence-electron chi connectivity index (χ0n) is 5.82. The first-order valence-corrected chi connectivity index (χ1v) is 3.16. The van der Waals surface area contributed by atoms with Gasteiger partial charge in [0.05, 0.1) is 6.33 Å². The van der Waals surface area contributed by atoms with Crippen LogP contribution in [0.4, 0.5) is 0 Å². The van der Waals surface area contributed by atoms with Crippen molar-refractivity contribution in [1.82, 2.24) is 9.97 Å². The molecule has 11 heavy (non-hydrogen) atoms. The Balaban J connectivity index is 2.50. The molecule has 0 aromatic carbocycles. The fraction of sp³-hybridized carbons (Fsp3) is 0.333. The van der Waals surface area contributed by atoms with E-state index < -0.39 is 12.0 Å². The first-order valence-electron chi connectivity index (χ1n) is 3.16. The number of rotatable bonds is 3. The predicted octanol–water partition coefficient (Wildman–Crippen LogP) is -0.636. The van der Waals surface area contributed by atoms with E-state index in [9.17, 15) is 4.79 Å². The number of imidazole rings is 1. The molecule has 0 aliphatic heterocycles. The number of aromatic nitrogens is 2. The molecule has 4 N–H and O–H groups in total. The van der Waals surface area contributed by atoms with Crippen LogP contribution in [-0.2, 0) is 11.2 Å². The Hall–Kier alpha value is -1.36. The van der Waals surface area contributed by atoms with Crippen molar-refractivity contribution in [2.45, 2.75) is 12.5 Å². The Bertz CT molecular complexity index is 232. The molecule has 0 aliphatic rings. The molecule has 0 radical (unpaired) electrons. The maximum absolute atomic E-state index is 10.3. The van der Waals surface area contributed by atoms with Crippen LogP contribution < -0.4 is 5.73 Å². The van der Waals surface area contributed by atoms with Crippen LogP contribution in [0.5, 0.6) is 0 Å². The van der Waals surface area contributed by atoms with E-state index in [-0.39, 0.29) is 6.42 Å². The number of carboxylic acids is 1. The second kappa shape index (κ2) is 3.16. The number of nitrogens with zero attached hydrogens (tertiary/aromatic N) is 1. The molecule has 0 saturated carbocycles. The number of carbonyl (C=O) groups is 1. The normalized spacial score (nSPS) is 12.8. The summed E-state index contributed by atoms with van der Waals surface area (Å²) in [5, 5.41) is 8.42. The van der Waals surface area contributed by atoms with Crippen LogP contribution in [0.25, 0.3) is 0 Å². The van der Waals surface area contributed by atoms with Crippen molar-refractivity contribution >= 4 is 5.97 Å². The van der Waals surface area contributed by atoms with Crippen molar-refractivity contribution in [3.8, 4) is 0 Å². The van der Waals surface area contributed by atoms with Gasteiger partial charge >= 0.3 is 5.97 Å². The van der Waals surface area contributed by atoms with Gasteiger partial charge in [-0.05, 0) is 0 Å². The summed E-state index contributed by atoms with van der Waals surface area (Å²) in [7, 11) is 0. The highest BCUT2D eigenvalue weighted by Gasteiger charge is 2.11. The first-order chi connectivity index (χ1) is 5.20. The molecule has 0 spiro atoms. The van der Waals surface area contributed by atoms with E-state index in [1.807, 2.05) is 0 Å². The molecule has 60 valence electrons. The number of H-pyrrole nitrogens is 1. The van der Waals surface area contributed by atoms with Crippen molar-refractivity contribution in [2.24, 2.45) is 5.73 Å². The molecule has 0 unspecified atom stereocenters. The molecule has 5 nitrogen and oxygen atoms in total. The SMILES string of the molecule is [15NH2][C@@H](Cc1cnc[nH]1)C(=O)O. The minimum absolute atomic E-state index is 0.287. The maximum Gasteiger partial charge on any atom is 0.320 e. The largest absolute Gasteiger partial charge is 0.480 e. The Labute approximate surface area is 63.3 Å². The van der Waals surface area contributed by atoms with Gasteiger partial charge in [0, 0.05) is 18.3 Å². The van der Waals surface area contributed by atoms with Gasteiger partial charge < -0.3 is 15.8 Å². The van der Waals surface area contributed by atoms with Gasteiger partial charge in [0.2, 0.25) is 0 Å². The second-order valence-corrected chi connectivity index (χ2v) is 2.23. The van der Waals surface area contributed by atoms with Gasteiger partial charge in [-0.15, -0.1) is 0 Å². The van der Waals surface area contributed by atoms with Gasteiger partial charge in [-0.25, -0.2) is 4.98 Å². The maximum atomic E-state index is 10.3. The van der Waals surface area contributed by atoms with E-state index in [1.165, 1.54) is 6.33 Å². The summed E-state index contributed by atoms with van der Waals surface area (Å²) in [6, 6.07) is -0.851. The average Bonchev–Trinajstić information content (AvgIpc) is 2.39. The lowest BCUT2D eigenvalue weighted by molar-refractivity contribution is -0.138. The highest BCUT2D eigenvalue weighted by molar-refractivity contribution is 5.73. The molecular formula is C6H9N3O2. The van der Waals surface area contributed by atoms with Gasteiger partial charge in [0.25, 0.3) is 0 Å². The highest BCUT2D eigenvalue weighted by atomic mass is 16.4. The quantitative estimate of drug-likeness (QED) is 0.508. The Kier molecular flexibility index (Phi) is 2.22. The van der Waals surface area contributed by atoms with Crippen LogP contribution in [0.3, 0.4) is 0 Å². The van der Waals surface area contributed by atoms with Crippen molar-refractivity contribution in [3.63, 3.8) is 0 Å². The smallest absolute Gasteiger partial charge is 0.320 e. The average molecular weight is 156 g/mol. The third-order valence-corrected chi connectivity index (χ3v) is 1.31. The summed E-state index contributed by atoms with van der Waals surface area (Å²) < 4.78 is 0. The number of aromatic amines is 1. The van der Waals surface area contributed by atoms with Gasteiger partial charge in [0.15, 0.2) is 0 Å². The van der Waals surface area contributed by atoms with Crippen LogP contribution in [0, 0.1) is 0 Å². The fourth-order valence-corrected chi connectivity index (χ4v) is 0.721. The number of aliphatic carboxylic acids is 1. The lowest BCUT2D eigenvalue weighted by Crippen LogP contribution is -2.32. The minimum Gasteiger partial charge on any atom is -0.480 e. The van der Waals surface area contributed by atoms with Crippen LogP contribution in [-0.4, -0.2) is 27.1 Å². The third-order valence-electron chi connectivity index (χ3n) is 1.31. The topological polar surface area (TPSA) is 92.0 Å². The van der Waals surface area contributed by atoms with E-state index in [1.54, 1.807) is 6.20 Å². The lowest BCUT2D eigenvalue weighted by Gasteiger charge is -2.02. The Morgan fingerprint density at radius 3 is 3.09 bits per heavy atom. The van der Waals surface area contributed by atoms with E-state index in [0.717, 1.165) is 5.69 Å². The molecule has 1 aromatic rings. The van der Waals surface area contributed by atoms with Crippen molar-refractivity contribution in [2.75, 3.05) is 0 Å². The zero-order valence-corrected chi connectivity index (χ0v) is 5.82. The molecular weight excluding hydrogens is 147 g/mol. The zero-order chi connectivity index (χ0) is 8.27. The Morgan fingerprint density at radius 2 is 2.64 bits per heavy atom. The van der Waals surface area contributed by atoms with Crippen molar-refractivity contribution in [1.29, 1.82) is 0 Å². The van der Waals surface area contributed by atoms with E-state index in [0.29, 0.717) is 0 Å². The van der Waals surface area contributed by atoms with Crippen molar-refractivity contribution in [3.05, 3.63) is 18.2 Å². The molecule has 1 aromatic heterocycles. The molecule has 0 amide bonds. The summed E-state index contributed by atoms with van der Waals surface area (Å²) >= 11 is 0. The molecule has 1 rings (SSSR count).